The molecule has 0 radical (unpaired) electrons. The van der Waals surface area contributed by atoms with Crippen LogP contribution in [-0.4, -0.2) is 53.3 Å². The number of hydrogen-bond donors (Lipinski definition) is 2. The van der Waals surface area contributed by atoms with Crippen LogP contribution in [0.2, 0.25) is 0 Å². The van der Waals surface area contributed by atoms with Gasteiger partial charge in [0.1, 0.15) is 0 Å². The van der Waals surface area contributed by atoms with Crippen LogP contribution in [0.25, 0.3) is 0 Å². The molecule has 6 nitrogen and oxygen atoms in total. The summed E-state index contributed by atoms with van der Waals surface area (Å²) in [4.78, 5) is 25.4. The van der Waals surface area contributed by atoms with Crippen molar-refractivity contribution < 1.29 is 19.4 Å². The quantitative estimate of drug-likeness (QED) is 0.786. The van der Waals surface area contributed by atoms with E-state index in [1.165, 1.54) is 0 Å². The maximum Gasteiger partial charge on any atom is 0.332 e. The molecule has 2 aliphatic rings. The number of likely N-dealkylation sites (tertiary alicyclic amines) is 1. The molecule has 0 spiro atoms. The largest absolute Gasteiger partial charge is 0.479 e. The third-order valence-corrected chi connectivity index (χ3v) is 4.16. The van der Waals surface area contributed by atoms with Crippen LogP contribution in [0.4, 0.5) is 4.79 Å². The maximum atomic E-state index is 12.3. The first-order chi connectivity index (χ1) is 8.94. The molecule has 3 unspecified atom stereocenters. The van der Waals surface area contributed by atoms with Gasteiger partial charge in [-0.05, 0) is 25.7 Å². The van der Waals surface area contributed by atoms with E-state index in [1.54, 1.807) is 4.90 Å². The number of carboxylic acids is 1. The Kier molecular flexibility index (Phi) is 3.99. The molecule has 19 heavy (non-hydrogen) atoms. The fourth-order valence-electron chi connectivity index (χ4n) is 2.73. The van der Waals surface area contributed by atoms with E-state index >= 15 is 0 Å². The second-order valence-electron chi connectivity index (χ2n) is 5.80. The van der Waals surface area contributed by atoms with E-state index in [0.717, 1.165) is 12.8 Å². The van der Waals surface area contributed by atoms with E-state index in [4.69, 9.17) is 4.74 Å². The molecule has 108 valence electrons. The van der Waals surface area contributed by atoms with Crippen LogP contribution in [0.3, 0.4) is 0 Å². The van der Waals surface area contributed by atoms with Gasteiger partial charge in [-0.15, -0.1) is 0 Å². The number of ether oxygens (including phenoxy) is 1. The summed E-state index contributed by atoms with van der Waals surface area (Å²) in [5.41, 5.74) is -1.25. The molecule has 0 bridgehead atoms. The van der Waals surface area contributed by atoms with Gasteiger partial charge in [-0.1, -0.05) is 6.92 Å². The highest BCUT2D eigenvalue weighted by molar-refractivity contribution is 5.87. The van der Waals surface area contributed by atoms with Crippen molar-refractivity contribution >= 4 is 12.0 Å². The van der Waals surface area contributed by atoms with Crippen LogP contribution in [0.15, 0.2) is 0 Å². The second kappa shape index (κ2) is 5.36. The van der Waals surface area contributed by atoms with Gasteiger partial charge in [0.2, 0.25) is 0 Å². The average molecular weight is 270 g/mol. The molecule has 0 aromatic rings. The minimum atomic E-state index is -1.25. The zero-order chi connectivity index (χ0) is 14.0. The van der Waals surface area contributed by atoms with Crippen molar-refractivity contribution in [2.75, 3.05) is 19.8 Å². The average Bonchev–Trinajstić information content (AvgIpc) is 2.82. The summed E-state index contributed by atoms with van der Waals surface area (Å²) in [7, 11) is 0. The molecule has 0 aliphatic carbocycles. The Bertz CT molecular complexity index is 366. The molecular weight excluding hydrogens is 248 g/mol. The summed E-state index contributed by atoms with van der Waals surface area (Å²) in [5, 5.41) is 12.0. The predicted molar refractivity (Wildman–Crippen MR) is 68.9 cm³/mol. The first-order valence-corrected chi connectivity index (χ1v) is 6.84. The lowest BCUT2D eigenvalue weighted by molar-refractivity contribution is -0.144. The van der Waals surface area contributed by atoms with Gasteiger partial charge in [0.05, 0.1) is 6.61 Å². The highest BCUT2D eigenvalue weighted by Crippen LogP contribution is 2.24. The minimum Gasteiger partial charge on any atom is -0.479 e. The Morgan fingerprint density at radius 1 is 1.37 bits per heavy atom. The van der Waals surface area contributed by atoms with E-state index in [-0.39, 0.29) is 18.7 Å². The fourth-order valence-corrected chi connectivity index (χ4v) is 2.73. The summed E-state index contributed by atoms with van der Waals surface area (Å²) in [6.45, 7) is 5.22. The van der Waals surface area contributed by atoms with E-state index in [2.05, 4.69) is 12.2 Å². The molecule has 3 atom stereocenters. The number of nitrogens with zero attached hydrogens (tertiary/aromatic N) is 1. The van der Waals surface area contributed by atoms with Gasteiger partial charge >= 0.3 is 12.0 Å². The van der Waals surface area contributed by atoms with Crippen molar-refractivity contribution in [3.8, 4) is 0 Å². The summed E-state index contributed by atoms with van der Waals surface area (Å²) >= 11 is 0. The Morgan fingerprint density at radius 2 is 2.11 bits per heavy atom. The van der Waals surface area contributed by atoms with Gasteiger partial charge in [0.15, 0.2) is 5.54 Å². The lowest BCUT2D eigenvalue weighted by atomic mass is 9.95. The molecule has 0 aromatic carbocycles. The molecule has 2 heterocycles. The lowest BCUT2D eigenvalue weighted by Crippen LogP contribution is -2.60. The van der Waals surface area contributed by atoms with Gasteiger partial charge in [-0.2, -0.15) is 0 Å². The third-order valence-electron chi connectivity index (χ3n) is 4.16. The molecule has 2 amide bonds. The normalized spacial score (nSPS) is 35.2. The van der Waals surface area contributed by atoms with Crippen molar-refractivity contribution in [1.29, 1.82) is 0 Å². The van der Waals surface area contributed by atoms with Gasteiger partial charge < -0.3 is 20.1 Å². The monoisotopic (exact) mass is 270 g/mol. The molecule has 2 fully saturated rings. The van der Waals surface area contributed by atoms with Crippen molar-refractivity contribution in [1.82, 2.24) is 10.2 Å². The van der Waals surface area contributed by atoms with Gasteiger partial charge in [-0.3, -0.25) is 0 Å². The SMILES string of the molecule is CC1CCC(C)N(C(=O)NC2(C(=O)O)CCOC2)C1. The number of amides is 2. The number of nitrogens with one attached hydrogen (secondary N) is 1. The predicted octanol–water partition coefficient (Wildman–Crippen LogP) is 1.06. The number of aliphatic carboxylic acids is 1. The topological polar surface area (TPSA) is 78.9 Å². The molecule has 2 aliphatic heterocycles. The number of carbonyl (C=O) groups excluding carboxylic acids is 1. The van der Waals surface area contributed by atoms with Crippen LogP contribution in [0, 0.1) is 5.92 Å². The van der Waals surface area contributed by atoms with Gasteiger partial charge in [0.25, 0.3) is 0 Å². The zero-order valence-corrected chi connectivity index (χ0v) is 11.5. The Morgan fingerprint density at radius 3 is 2.68 bits per heavy atom. The number of piperidine rings is 1. The van der Waals surface area contributed by atoms with E-state index in [1.807, 2.05) is 6.92 Å². The summed E-state index contributed by atoms with van der Waals surface area (Å²) in [6, 6.07) is -0.128. The van der Waals surface area contributed by atoms with Crippen LogP contribution in [-0.2, 0) is 9.53 Å². The fraction of sp³-hybridized carbons (Fsp3) is 0.846. The smallest absolute Gasteiger partial charge is 0.332 e. The molecule has 6 heteroatoms. The molecule has 2 rings (SSSR count). The number of carbonyl (C=O) groups is 2. The number of hydrogen-bond acceptors (Lipinski definition) is 3. The second-order valence-corrected chi connectivity index (χ2v) is 5.80. The third kappa shape index (κ3) is 2.83. The lowest BCUT2D eigenvalue weighted by Gasteiger charge is -2.38. The summed E-state index contributed by atoms with van der Waals surface area (Å²) in [6.07, 6.45) is 2.40. The van der Waals surface area contributed by atoms with Crippen LogP contribution >= 0.6 is 0 Å². The first kappa shape index (κ1) is 14.1. The highest BCUT2D eigenvalue weighted by Gasteiger charge is 2.45. The summed E-state index contributed by atoms with van der Waals surface area (Å²) in [5.74, 6) is -0.557. The van der Waals surface area contributed by atoms with E-state index in [0.29, 0.717) is 25.5 Å². The van der Waals surface area contributed by atoms with Crippen LogP contribution in [0.5, 0.6) is 0 Å². The first-order valence-electron chi connectivity index (χ1n) is 6.84. The van der Waals surface area contributed by atoms with Crippen molar-refractivity contribution in [2.24, 2.45) is 5.92 Å². The molecule has 2 N–H and O–H groups in total. The van der Waals surface area contributed by atoms with Gasteiger partial charge in [-0.25, -0.2) is 9.59 Å². The van der Waals surface area contributed by atoms with Crippen LogP contribution < -0.4 is 5.32 Å². The highest BCUT2D eigenvalue weighted by atomic mass is 16.5. The number of rotatable bonds is 2. The standard InChI is InChI=1S/C13H22N2O4/c1-9-3-4-10(2)15(7-9)12(18)14-13(11(16)17)5-6-19-8-13/h9-10H,3-8H2,1-2H3,(H,14,18)(H,16,17). The van der Waals surface area contributed by atoms with Crippen LogP contribution in [0.1, 0.15) is 33.1 Å². The Hall–Kier alpha value is -1.30. The minimum absolute atomic E-state index is 0.0475. The van der Waals surface area contributed by atoms with E-state index < -0.39 is 11.5 Å². The van der Waals surface area contributed by atoms with Crippen molar-refractivity contribution in [2.45, 2.75) is 44.7 Å². The maximum absolute atomic E-state index is 12.3. The molecular formula is C13H22N2O4. The number of carboxylic acid groups (broad SMARTS) is 1. The Labute approximate surface area is 113 Å². The summed E-state index contributed by atoms with van der Waals surface area (Å²) < 4.78 is 5.14. The molecule has 0 aromatic heterocycles. The number of urea groups is 1. The van der Waals surface area contributed by atoms with Crippen molar-refractivity contribution in [3.05, 3.63) is 0 Å². The van der Waals surface area contributed by atoms with Crippen molar-refractivity contribution in [3.63, 3.8) is 0 Å². The molecule has 2 saturated heterocycles. The Balaban J connectivity index is 2.05. The molecule has 0 saturated carbocycles. The van der Waals surface area contributed by atoms with E-state index in [9.17, 15) is 14.7 Å². The zero-order valence-electron chi connectivity index (χ0n) is 11.5. The van der Waals surface area contributed by atoms with Gasteiger partial charge in [0, 0.05) is 25.6 Å².